The van der Waals surface area contributed by atoms with Crippen molar-refractivity contribution in [3.63, 3.8) is 0 Å². The van der Waals surface area contributed by atoms with Gasteiger partial charge in [-0.15, -0.1) is 10.2 Å². The third-order valence-electron chi connectivity index (χ3n) is 5.99. The summed E-state index contributed by atoms with van der Waals surface area (Å²) in [5.41, 5.74) is 1.02. The molecule has 0 bridgehead atoms. The molecule has 3 heterocycles. The Hall–Kier alpha value is -2.41. The van der Waals surface area contributed by atoms with Crippen LogP contribution in [-0.4, -0.2) is 70.3 Å². The van der Waals surface area contributed by atoms with E-state index in [4.69, 9.17) is 4.74 Å². The van der Waals surface area contributed by atoms with Gasteiger partial charge in [0.15, 0.2) is 0 Å². The molecule has 2 aliphatic rings. The average Bonchev–Trinajstić information content (AvgIpc) is 3.01. The van der Waals surface area contributed by atoms with Gasteiger partial charge in [-0.2, -0.15) is 0 Å². The standard InChI is InChI=1S/C22H31N5O2/c1-3-29-19-8-6-17(7-9-19)15-21(28)26-12-10-20-23-24-22(27(20)14-13-26)18-5-4-11-25(2)16-18/h6-9,18H,3-5,10-16H2,1-2H3/t18-/m1/s1. The van der Waals surface area contributed by atoms with Crippen LogP contribution in [0, 0.1) is 0 Å². The molecule has 0 N–H and O–H groups in total. The van der Waals surface area contributed by atoms with Crippen LogP contribution in [0.15, 0.2) is 24.3 Å². The Morgan fingerprint density at radius 2 is 1.97 bits per heavy atom. The zero-order chi connectivity index (χ0) is 20.2. The van der Waals surface area contributed by atoms with E-state index >= 15 is 0 Å². The van der Waals surface area contributed by atoms with Gasteiger partial charge in [-0.05, 0) is 51.1 Å². The molecular weight excluding hydrogens is 366 g/mol. The molecule has 4 rings (SSSR count). The number of aromatic nitrogens is 3. The first-order chi connectivity index (χ1) is 14.1. The van der Waals surface area contributed by atoms with Crippen LogP contribution in [0.3, 0.4) is 0 Å². The zero-order valence-electron chi connectivity index (χ0n) is 17.5. The lowest BCUT2D eigenvalue weighted by Gasteiger charge is -2.29. The van der Waals surface area contributed by atoms with Crippen LogP contribution in [-0.2, 0) is 24.2 Å². The lowest BCUT2D eigenvalue weighted by atomic mass is 9.97. The number of hydrogen-bond donors (Lipinski definition) is 0. The molecule has 2 aromatic rings. The number of benzene rings is 1. The van der Waals surface area contributed by atoms with Gasteiger partial charge in [0.25, 0.3) is 0 Å². The molecule has 0 radical (unpaired) electrons. The minimum atomic E-state index is 0.173. The lowest BCUT2D eigenvalue weighted by molar-refractivity contribution is -0.130. The van der Waals surface area contributed by atoms with Crippen LogP contribution in [0.1, 0.15) is 42.9 Å². The van der Waals surface area contributed by atoms with Gasteiger partial charge in [0.2, 0.25) is 5.91 Å². The van der Waals surface area contributed by atoms with Crippen LogP contribution < -0.4 is 4.74 Å². The molecule has 1 atom stereocenters. The van der Waals surface area contributed by atoms with Crippen LogP contribution in [0.25, 0.3) is 0 Å². The first-order valence-corrected chi connectivity index (χ1v) is 10.7. The van der Waals surface area contributed by atoms with Gasteiger partial charge in [-0.1, -0.05) is 12.1 Å². The maximum absolute atomic E-state index is 12.9. The van der Waals surface area contributed by atoms with Gasteiger partial charge in [0.1, 0.15) is 17.4 Å². The van der Waals surface area contributed by atoms with E-state index in [1.54, 1.807) is 0 Å². The number of carbonyl (C=O) groups is 1. The summed E-state index contributed by atoms with van der Waals surface area (Å²) in [5, 5.41) is 8.99. The number of likely N-dealkylation sites (tertiary alicyclic amines) is 1. The number of fused-ring (bicyclic) bond motifs is 1. The molecular formula is C22H31N5O2. The number of likely N-dealkylation sites (N-methyl/N-ethyl adjacent to an activating group) is 1. The molecule has 7 nitrogen and oxygen atoms in total. The van der Waals surface area contributed by atoms with E-state index in [-0.39, 0.29) is 5.91 Å². The van der Waals surface area contributed by atoms with E-state index in [2.05, 4.69) is 26.7 Å². The Labute approximate surface area is 172 Å². The summed E-state index contributed by atoms with van der Waals surface area (Å²) in [6.07, 6.45) is 3.57. The van der Waals surface area contributed by atoms with Gasteiger partial charge in [0.05, 0.1) is 13.0 Å². The Morgan fingerprint density at radius 1 is 1.14 bits per heavy atom. The highest BCUT2D eigenvalue weighted by Gasteiger charge is 2.27. The molecule has 156 valence electrons. The van der Waals surface area contributed by atoms with Gasteiger partial charge >= 0.3 is 0 Å². The molecule has 2 aliphatic heterocycles. The monoisotopic (exact) mass is 397 g/mol. The fraction of sp³-hybridized carbons (Fsp3) is 0.591. The van der Waals surface area contributed by atoms with Crippen molar-refractivity contribution in [2.75, 3.05) is 39.8 Å². The fourth-order valence-electron chi connectivity index (χ4n) is 4.43. The van der Waals surface area contributed by atoms with E-state index < -0.39 is 0 Å². The van der Waals surface area contributed by atoms with Crippen LogP contribution in [0.5, 0.6) is 5.75 Å². The number of piperidine rings is 1. The first kappa shape index (κ1) is 19.9. The maximum Gasteiger partial charge on any atom is 0.227 e. The Bertz CT molecular complexity index is 832. The predicted molar refractivity (Wildman–Crippen MR) is 111 cm³/mol. The van der Waals surface area contributed by atoms with Crippen molar-refractivity contribution in [3.05, 3.63) is 41.5 Å². The minimum Gasteiger partial charge on any atom is -0.494 e. The number of amides is 1. The van der Waals surface area contributed by atoms with Crippen LogP contribution in [0.4, 0.5) is 0 Å². The predicted octanol–water partition coefficient (Wildman–Crippen LogP) is 2.11. The average molecular weight is 398 g/mol. The van der Waals surface area contributed by atoms with Crippen molar-refractivity contribution in [2.45, 2.75) is 45.1 Å². The van der Waals surface area contributed by atoms with E-state index in [1.807, 2.05) is 36.1 Å². The van der Waals surface area contributed by atoms with Crippen molar-refractivity contribution in [1.82, 2.24) is 24.6 Å². The molecule has 0 spiro atoms. The fourth-order valence-corrected chi connectivity index (χ4v) is 4.43. The van der Waals surface area contributed by atoms with E-state index in [1.165, 1.54) is 12.8 Å². The summed E-state index contributed by atoms with van der Waals surface area (Å²) in [4.78, 5) is 17.2. The van der Waals surface area contributed by atoms with Crippen molar-refractivity contribution in [3.8, 4) is 5.75 Å². The van der Waals surface area contributed by atoms with Crippen molar-refractivity contribution < 1.29 is 9.53 Å². The number of carbonyl (C=O) groups excluding carboxylic acids is 1. The molecule has 1 aromatic heterocycles. The molecule has 1 aromatic carbocycles. The molecule has 1 fully saturated rings. The third kappa shape index (κ3) is 4.61. The van der Waals surface area contributed by atoms with Crippen molar-refractivity contribution >= 4 is 5.91 Å². The summed E-state index contributed by atoms with van der Waals surface area (Å²) in [6, 6.07) is 7.83. The van der Waals surface area contributed by atoms with E-state index in [0.29, 0.717) is 25.5 Å². The van der Waals surface area contributed by atoms with Crippen LogP contribution in [0.2, 0.25) is 0 Å². The van der Waals surface area contributed by atoms with E-state index in [0.717, 1.165) is 55.6 Å². The largest absolute Gasteiger partial charge is 0.494 e. The van der Waals surface area contributed by atoms with E-state index in [9.17, 15) is 4.79 Å². The Kier molecular flexibility index (Phi) is 6.13. The highest BCUT2D eigenvalue weighted by Crippen LogP contribution is 2.26. The summed E-state index contributed by atoms with van der Waals surface area (Å²) < 4.78 is 7.75. The maximum atomic E-state index is 12.9. The summed E-state index contributed by atoms with van der Waals surface area (Å²) >= 11 is 0. The highest BCUT2D eigenvalue weighted by atomic mass is 16.5. The molecule has 0 saturated carbocycles. The topological polar surface area (TPSA) is 63.5 Å². The minimum absolute atomic E-state index is 0.173. The normalized spacial score (nSPS) is 20.2. The quantitative estimate of drug-likeness (QED) is 0.773. The SMILES string of the molecule is CCOc1ccc(CC(=O)N2CCc3nnc([C@@H]4CCCN(C)C4)n3CC2)cc1. The van der Waals surface area contributed by atoms with Gasteiger partial charge < -0.3 is 19.1 Å². The molecule has 1 amide bonds. The smallest absolute Gasteiger partial charge is 0.227 e. The molecule has 1 saturated heterocycles. The summed E-state index contributed by atoms with van der Waals surface area (Å²) in [6.45, 7) is 7.02. The first-order valence-electron chi connectivity index (χ1n) is 10.7. The number of hydrogen-bond acceptors (Lipinski definition) is 5. The highest BCUT2D eigenvalue weighted by molar-refractivity contribution is 5.78. The second-order valence-electron chi connectivity index (χ2n) is 8.11. The molecule has 7 heteroatoms. The summed E-state index contributed by atoms with van der Waals surface area (Å²) in [5.74, 6) is 3.59. The van der Waals surface area contributed by atoms with Gasteiger partial charge in [-0.25, -0.2) is 0 Å². The Balaban J connectivity index is 1.38. The number of rotatable bonds is 5. The van der Waals surface area contributed by atoms with Gasteiger partial charge in [0, 0.05) is 38.5 Å². The second-order valence-corrected chi connectivity index (χ2v) is 8.11. The van der Waals surface area contributed by atoms with Crippen molar-refractivity contribution in [1.29, 1.82) is 0 Å². The molecule has 0 aliphatic carbocycles. The second kappa shape index (κ2) is 8.95. The van der Waals surface area contributed by atoms with Gasteiger partial charge in [-0.3, -0.25) is 4.79 Å². The number of nitrogens with zero attached hydrogens (tertiary/aromatic N) is 5. The number of ether oxygens (including phenoxy) is 1. The zero-order valence-corrected chi connectivity index (χ0v) is 17.5. The Morgan fingerprint density at radius 3 is 2.72 bits per heavy atom. The lowest BCUT2D eigenvalue weighted by Crippen LogP contribution is -2.35. The van der Waals surface area contributed by atoms with Crippen molar-refractivity contribution in [2.24, 2.45) is 0 Å². The van der Waals surface area contributed by atoms with Crippen LogP contribution >= 0.6 is 0 Å². The molecule has 0 unspecified atom stereocenters. The third-order valence-corrected chi connectivity index (χ3v) is 5.99. The molecule has 29 heavy (non-hydrogen) atoms. The summed E-state index contributed by atoms with van der Waals surface area (Å²) in [7, 11) is 2.17.